The van der Waals surface area contributed by atoms with Gasteiger partial charge >= 0.3 is 0 Å². The van der Waals surface area contributed by atoms with Gasteiger partial charge in [0.25, 0.3) is 0 Å². The maximum atomic E-state index is 14.5. The van der Waals surface area contributed by atoms with Crippen LogP contribution in [0.1, 0.15) is 60.3 Å². The highest BCUT2D eigenvalue weighted by Gasteiger charge is 2.55. The van der Waals surface area contributed by atoms with Crippen LogP contribution in [0.3, 0.4) is 0 Å². The van der Waals surface area contributed by atoms with Crippen LogP contribution in [0.5, 0.6) is 0 Å². The third-order valence-corrected chi connectivity index (χ3v) is 5.28. The molecule has 0 amide bonds. The second-order valence-corrected chi connectivity index (χ2v) is 6.55. The zero-order chi connectivity index (χ0) is 11.5. The van der Waals surface area contributed by atoms with Gasteiger partial charge in [0.2, 0.25) is 0 Å². The quantitative estimate of drug-likeness (QED) is 0.510. The van der Waals surface area contributed by atoms with Crippen molar-refractivity contribution >= 4 is 0 Å². The monoisotopic (exact) mass is 210 g/mol. The predicted molar refractivity (Wildman–Crippen MR) is 62.6 cm³/mol. The first-order chi connectivity index (χ1) is 6.73. The molecule has 1 fully saturated rings. The molecule has 0 atom stereocenters. The average Bonchev–Trinajstić information content (AvgIpc) is 2.13. The number of fused-ring (bicyclic) bond motifs is 2. The minimum absolute atomic E-state index is 0.264. The molecule has 0 aromatic carbocycles. The third-order valence-electron chi connectivity index (χ3n) is 5.28. The lowest BCUT2D eigenvalue weighted by Crippen LogP contribution is -2.50. The lowest BCUT2D eigenvalue weighted by atomic mass is 9.49. The summed E-state index contributed by atoms with van der Waals surface area (Å²) in [5, 5.41) is 0. The van der Waals surface area contributed by atoms with Gasteiger partial charge in [0.1, 0.15) is 5.67 Å². The van der Waals surface area contributed by atoms with Crippen molar-refractivity contribution in [3.05, 3.63) is 11.1 Å². The Morgan fingerprint density at radius 2 is 1.40 bits per heavy atom. The Hall–Kier alpha value is -0.330. The van der Waals surface area contributed by atoms with E-state index in [1.165, 1.54) is 5.57 Å². The van der Waals surface area contributed by atoms with Crippen molar-refractivity contribution in [1.29, 1.82) is 0 Å². The summed E-state index contributed by atoms with van der Waals surface area (Å²) < 4.78 is 14.5. The molecular formula is C14H23F. The zero-order valence-electron chi connectivity index (χ0n) is 10.7. The number of allylic oxidation sites excluding steroid dienone is 2. The number of rotatable bonds is 0. The molecule has 86 valence electrons. The van der Waals surface area contributed by atoms with Crippen LogP contribution in [-0.2, 0) is 0 Å². The molecule has 0 heterocycles. The van der Waals surface area contributed by atoms with E-state index in [-0.39, 0.29) is 10.8 Å². The molecule has 0 spiro atoms. The van der Waals surface area contributed by atoms with E-state index < -0.39 is 5.67 Å². The Bertz CT molecular complexity index is 309. The van der Waals surface area contributed by atoms with Crippen LogP contribution in [0, 0.1) is 10.8 Å². The highest BCUT2D eigenvalue weighted by atomic mass is 19.1. The Kier molecular flexibility index (Phi) is 2.13. The lowest BCUT2D eigenvalue weighted by Gasteiger charge is -2.57. The van der Waals surface area contributed by atoms with E-state index in [4.69, 9.17) is 0 Å². The Labute approximate surface area is 92.9 Å². The molecule has 15 heavy (non-hydrogen) atoms. The molecule has 0 saturated heterocycles. The van der Waals surface area contributed by atoms with Gasteiger partial charge in [0.15, 0.2) is 0 Å². The van der Waals surface area contributed by atoms with E-state index in [2.05, 4.69) is 27.7 Å². The van der Waals surface area contributed by atoms with Gasteiger partial charge in [-0.25, -0.2) is 4.39 Å². The van der Waals surface area contributed by atoms with Crippen LogP contribution in [-0.4, -0.2) is 5.67 Å². The molecule has 0 radical (unpaired) electrons. The first-order valence-electron chi connectivity index (χ1n) is 6.10. The van der Waals surface area contributed by atoms with Crippen LogP contribution in [0.15, 0.2) is 11.1 Å². The van der Waals surface area contributed by atoms with E-state index >= 15 is 0 Å². The van der Waals surface area contributed by atoms with Gasteiger partial charge in [-0.05, 0) is 55.9 Å². The topological polar surface area (TPSA) is 0 Å². The molecule has 0 nitrogen and oxygen atoms in total. The summed E-state index contributed by atoms with van der Waals surface area (Å²) in [6.07, 6.45) is 3.56. The minimum atomic E-state index is -0.961. The largest absolute Gasteiger partial charge is 0.239 e. The summed E-state index contributed by atoms with van der Waals surface area (Å²) >= 11 is 0. The maximum absolute atomic E-state index is 14.5. The van der Waals surface area contributed by atoms with Crippen LogP contribution >= 0.6 is 0 Å². The first-order valence-corrected chi connectivity index (χ1v) is 6.10. The molecule has 0 unspecified atom stereocenters. The first kappa shape index (κ1) is 11.2. The summed E-state index contributed by atoms with van der Waals surface area (Å²) in [6.45, 7) is 11.1. The number of alkyl halides is 1. The Balaban J connectivity index is 2.55. The molecule has 0 aliphatic heterocycles. The predicted octanol–water partition coefficient (Wildman–Crippen LogP) is 4.65. The fraction of sp³-hybridized carbons (Fsp3) is 0.857. The van der Waals surface area contributed by atoms with Crippen molar-refractivity contribution in [2.75, 3.05) is 0 Å². The average molecular weight is 210 g/mol. The van der Waals surface area contributed by atoms with E-state index in [0.29, 0.717) is 0 Å². The Morgan fingerprint density at radius 3 is 1.80 bits per heavy atom. The zero-order valence-corrected chi connectivity index (χ0v) is 10.7. The Morgan fingerprint density at radius 1 is 0.933 bits per heavy atom. The second-order valence-electron chi connectivity index (χ2n) is 6.55. The van der Waals surface area contributed by atoms with Crippen molar-refractivity contribution in [2.24, 2.45) is 10.8 Å². The fourth-order valence-corrected chi connectivity index (χ4v) is 3.83. The summed E-state index contributed by atoms with van der Waals surface area (Å²) in [5.41, 5.74) is 1.95. The normalized spacial score (nSPS) is 41.2. The summed E-state index contributed by atoms with van der Waals surface area (Å²) in [6, 6.07) is 0. The highest BCUT2D eigenvalue weighted by molar-refractivity contribution is 5.35. The summed E-state index contributed by atoms with van der Waals surface area (Å²) in [7, 11) is 0. The molecule has 3 aliphatic rings. The van der Waals surface area contributed by atoms with E-state index in [9.17, 15) is 4.39 Å². The highest BCUT2D eigenvalue weighted by Crippen LogP contribution is 2.63. The van der Waals surface area contributed by atoms with Crippen LogP contribution < -0.4 is 0 Å². The molecule has 0 N–H and O–H groups in total. The van der Waals surface area contributed by atoms with Gasteiger partial charge in [0, 0.05) is 0 Å². The SMILES string of the molecule is CC1=C(C)C2(C(C)(C)C)CCC1(F)CC2. The number of hydrogen-bond donors (Lipinski definition) is 0. The summed E-state index contributed by atoms with van der Waals surface area (Å²) in [4.78, 5) is 0. The van der Waals surface area contributed by atoms with Gasteiger partial charge in [-0.15, -0.1) is 0 Å². The minimum Gasteiger partial charge on any atom is -0.239 e. The smallest absolute Gasteiger partial charge is 0.132 e. The number of halogens is 1. The molecule has 1 heteroatoms. The molecule has 3 rings (SSSR count). The molecule has 0 aromatic heterocycles. The van der Waals surface area contributed by atoms with Gasteiger partial charge in [-0.2, -0.15) is 0 Å². The summed E-state index contributed by atoms with van der Waals surface area (Å²) in [5.74, 6) is 0. The van der Waals surface area contributed by atoms with Crippen LogP contribution in [0.4, 0.5) is 4.39 Å². The molecule has 1 saturated carbocycles. The van der Waals surface area contributed by atoms with Crippen LogP contribution in [0.25, 0.3) is 0 Å². The molecule has 2 bridgehead atoms. The van der Waals surface area contributed by atoms with Crippen molar-refractivity contribution < 1.29 is 4.39 Å². The number of hydrogen-bond acceptors (Lipinski definition) is 0. The van der Waals surface area contributed by atoms with E-state index in [1.54, 1.807) is 0 Å². The standard InChI is InChI=1S/C14H23F/c1-10-11(2)14(15)8-6-13(10,7-9-14)12(3,4)5/h6-9H2,1-5H3. The van der Waals surface area contributed by atoms with Crippen molar-refractivity contribution in [3.8, 4) is 0 Å². The van der Waals surface area contributed by atoms with Crippen molar-refractivity contribution in [1.82, 2.24) is 0 Å². The van der Waals surface area contributed by atoms with Crippen LogP contribution in [0.2, 0.25) is 0 Å². The van der Waals surface area contributed by atoms with E-state index in [1.807, 2.05) is 6.92 Å². The van der Waals surface area contributed by atoms with Crippen molar-refractivity contribution in [2.45, 2.75) is 66.0 Å². The molecule has 0 aromatic rings. The van der Waals surface area contributed by atoms with E-state index in [0.717, 1.165) is 31.3 Å². The fourth-order valence-electron chi connectivity index (χ4n) is 3.83. The van der Waals surface area contributed by atoms with Gasteiger partial charge in [-0.3, -0.25) is 0 Å². The van der Waals surface area contributed by atoms with Gasteiger partial charge in [-0.1, -0.05) is 26.3 Å². The van der Waals surface area contributed by atoms with Gasteiger partial charge < -0.3 is 0 Å². The lowest BCUT2D eigenvalue weighted by molar-refractivity contribution is -0.00915. The second kappa shape index (κ2) is 2.87. The molecular weight excluding hydrogens is 187 g/mol. The third kappa shape index (κ3) is 1.24. The maximum Gasteiger partial charge on any atom is 0.132 e. The van der Waals surface area contributed by atoms with Crippen molar-refractivity contribution in [3.63, 3.8) is 0 Å². The molecule has 3 aliphatic carbocycles. The van der Waals surface area contributed by atoms with Gasteiger partial charge in [0.05, 0.1) is 0 Å².